The zero-order valence-electron chi connectivity index (χ0n) is 6.93. The lowest BCUT2D eigenvalue weighted by atomic mass is 10.4. The average Bonchev–Trinajstić information content (AvgIpc) is 2.52. The van der Waals surface area contributed by atoms with Gasteiger partial charge in [0.25, 0.3) is 0 Å². The molecule has 0 aromatic carbocycles. The Balaban J connectivity index is 2.43. The highest BCUT2D eigenvalue weighted by Gasteiger charge is 2.08. The van der Waals surface area contributed by atoms with E-state index in [1.165, 1.54) is 11.3 Å². The van der Waals surface area contributed by atoms with Crippen molar-refractivity contribution in [3.63, 3.8) is 0 Å². The van der Waals surface area contributed by atoms with Crippen LogP contribution >= 0.6 is 11.3 Å². The molecule has 0 aliphatic heterocycles. The summed E-state index contributed by atoms with van der Waals surface area (Å²) < 4.78 is 24.5. The van der Waals surface area contributed by atoms with Crippen molar-refractivity contribution in [3.05, 3.63) is 22.4 Å². The Kier molecular flexibility index (Phi) is 3.86. The van der Waals surface area contributed by atoms with Crippen molar-refractivity contribution in [3.8, 4) is 0 Å². The fourth-order valence-corrected chi connectivity index (χ4v) is 2.22. The summed E-state index contributed by atoms with van der Waals surface area (Å²) >= 11 is 1.52. The molecule has 0 aliphatic carbocycles. The monoisotopic (exact) mass is 221 g/mol. The Bertz CT molecular complexity index is 331. The van der Waals surface area contributed by atoms with Crippen molar-refractivity contribution in [2.75, 3.05) is 12.4 Å². The number of aliphatic hydroxyl groups is 1. The van der Waals surface area contributed by atoms with E-state index in [4.69, 9.17) is 5.11 Å². The molecule has 0 unspecified atom stereocenters. The van der Waals surface area contributed by atoms with Crippen LogP contribution in [0.3, 0.4) is 0 Å². The lowest BCUT2D eigenvalue weighted by Crippen LogP contribution is -2.27. The smallest absolute Gasteiger partial charge is 0.214 e. The van der Waals surface area contributed by atoms with E-state index >= 15 is 0 Å². The van der Waals surface area contributed by atoms with E-state index in [-0.39, 0.29) is 12.4 Å². The highest BCUT2D eigenvalue weighted by Crippen LogP contribution is 2.05. The maximum absolute atomic E-state index is 11.1. The first-order valence-corrected chi connectivity index (χ1v) is 6.33. The number of hydrogen-bond donors (Lipinski definition) is 2. The number of thiophene rings is 1. The largest absolute Gasteiger partial charge is 0.395 e. The quantitative estimate of drug-likeness (QED) is 0.744. The maximum atomic E-state index is 11.1. The third-order valence-corrected chi connectivity index (χ3v) is 3.47. The summed E-state index contributed by atoms with van der Waals surface area (Å²) in [4.78, 5) is 0. The van der Waals surface area contributed by atoms with E-state index in [2.05, 4.69) is 4.72 Å². The van der Waals surface area contributed by atoms with Crippen LogP contribution in [-0.2, 0) is 16.6 Å². The fraction of sp³-hybridized carbons (Fsp3) is 0.429. The molecule has 1 aromatic rings. The number of sulfonamides is 1. The third kappa shape index (κ3) is 3.86. The van der Waals surface area contributed by atoms with Gasteiger partial charge in [0.2, 0.25) is 10.0 Å². The van der Waals surface area contributed by atoms with Crippen LogP contribution in [0, 0.1) is 0 Å². The van der Waals surface area contributed by atoms with Gasteiger partial charge in [0, 0.05) is 6.54 Å². The Morgan fingerprint density at radius 3 is 2.85 bits per heavy atom. The molecule has 1 aromatic heterocycles. The van der Waals surface area contributed by atoms with E-state index < -0.39 is 10.0 Å². The van der Waals surface area contributed by atoms with E-state index in [0.717, 1.165) is 5.56 Å². The second kappa shape index (κ2) is 4.71. The van der Waals surface area contributed by atoms with Crippen LogP contribution < -0.4 is 4.72 Å². The average molecular weight is 221 g/mol. The highest BCUT2D eigenvalue weighted by atomic mass is 32.2. The summed E-state index contributed by atoms with van der Waals surface area (Å²) in [5.41, 5.74) is 0.937. The molecule has 1 rings (SSSR count). The van der Waals surface area contributed by atoms with Gasteiger partial charge < -0.3 is 5.11 Å². The van der Waals surface area contributed by atoms with Crippen LogP contribution in [0.5, 0.6) is 0 Å². The predicted molar refractivity (Wildman–Crippen MR) is 52.0 cm³/mol. The summed E-state index contributed by atoms with van der Waals surface area (Å²) in [6, 6.07) is 1.85. The minimum Gasteiger partial charge on any atom is -0.395 e. The minimum absolute atomic E-state index is 0.239. The van der Waals surface area contributed by atoms with Gasteiger partial charge in [-0.05, 0) is 22.4 Å². The Hall–Kier alpha value is -0.430. The summed E-state index contributed by atoms with van der Waals surface area (Å²) in [7, 11) is -3.30. The molecule has 13 heavy (non-hydrogen) atoms. The van der Waals surface area contributed by atoms with Crippen LogP contribution in [0.2, 0.25) is 0 Å². The number of hydrogen-bond acceptors (Lipinski definition) is 4. The summed E-state index contributed by atoms with van der Waals surface area (Å²) in [6.45, 7) is -0.0508. The second-order valence-corrected chi connectivity index (χ2v) is 5.20. The summed E-state index contributed by atoms with van der Waals surface area (Å²) in [5, 5.41) is 12.2. The fourth-order valence-electron chi connectivity index (χ4n) is 0.779. The van der Waals surface area contributed by atoms with Crippen molar-refractivity contribution in [2.24, 2.45) is 0 Å². The SMILES string of the molecule is O=S(=O)(CCO)NCc1ccsc1. The number of nitrogens with one attached hydrogen (secondary N) is 1. The summed E-state index contributed by atoms with van der Waals surface area (Å²) in [5.74, 6) is -0.239. The first-order chi connectivity index (χ1) is 6.14. The van der Waals surface area contributed by atoms with Crippen LogP contribution in [0.15, 0.2) is 16.8 Å². The van der Waals surface area contributed by atoms with Crippen LogP contribution in [-0.4, -0.2) is 25.9 Å². The number of rotatable bonds is 5. The molecule has 0 fully saturated rings. The van der Waals surface area contributed by atoms with Gasteiger partial charge >= 0.3 is 0 Å². The molecule has 6 heteroatoms. The number of aliphatic hydroxyl groups excluding tert-OH is 1. The van der Waals surface area contributed by atoms with Gasteiger partial charge in [-0.25, -0.2) is 13.1 Å². The molecule has 1 heterocycles. The van der Waals surface area contributed by atoms with Gasteiger partial charge in [-0.2, -0.15) is 11.3 Å². The topological polar surface area (TPSA) is 66.4 Å². The Morgan fingerprint density at radius 2 is 2.31 bits per heavy atom. The highest BCUT2D eigenvalue weighted by molar-refractivity contribution is 7.89. The molecule has 4 nitrogen and oxygen atoms in total. The molecule has 74 valence electrons. The van der Waals surface area contributed by atoms with Crippen molar-refractivity contribution in [2.45, 2.75) is 6.54 Å². The van der Waals surface area contributed by atoms with E-state index in [1.807, 2.05) is 16.8 Å². The summed E-state index contributed by atoms with van der Waals surface area (Å²) in [6.07, 6.45) is 0. The Labute approximate surface area is 81.3 Å². The zero-order valence-corrected chi connectivity index (χ0v) is 8.57. The molecule has 0 aliphatic rings. The molecule has 0 atom stereocenters. The van der Waals surface area contributed by atoms with Gasteiger partial charge in [-0.15, -0.1) is 0 Å². The standard InChI is InChI=1S/C7H11NO3S2/c9-2-4-13(10,11)8-5-7-1-3-12-6-7/h1,3,6,8-9H,2,4-5H2. The Morgan fingerprint density at radius 1 is 1.54 bits per heavy atom. The van der Waals surface area contributed by atoms with Crippen molar-refractivity contribution < 1.29 is 13.5 Å². The molecule has 0 amide bonds. The van der Waals surface area contributed by atoms with Crippen molar-refractivity contribution in [1.29, 1.82) is 0 Å². The van der Waals surface area contributed by atoms with Crippen molar-refractivity contribution >= 4 is 21.4 Å². The zero-order chi connectivity index (χ0) is 9.73. The minimum atomic E-state index is -3.30. The van der Waals surface area contributed by atoms with Gasteiger partial charge in [-0.3, -0.25) is 0 Å². The van der Waals surface area contributed by atoms with Gasteiger partial charge in [0.15, 0.2) is 0 Å². The maximum Gasteiger partial charge on any atom is 0.214 e. The molecule has 0 spiro atoms. The first kappa shape index (κ1) is 10.6. The molecular formula is C7H11NO3S2. The molecule has 0 bridgehead atoms. The molecule has 0 saturated carbocycles. The van der Waals surface area contributed by atoms with Crippen LogP contribution in [0.1, 0.15) is 5.56 Å². The second-order valence-electron chi connectivity index (χ2n) is 2.50. The predicted octanol–water partition coefficient (Wildman–Crippen LogP) is 0.160. The lowest BCUT2D eigenvalue weighted by molar-refractivity contribution is 0.319. The van der Waals surface area contributed by atoms with E-state index in [1.54, 1.807) is 0 Å². The van der Waals surface area contributed by atoms with Crippen LogP contribution in [0.4, 0.5) is 0 Å². The van der Waals surface area contributed by atoms with E-state index in [9.17, 15) is 8.42 Å². The van der Waals surface area contributed by atoms with Gasteiger partial charge in [0.05, 0.1) is 12.4 Å². The van der Waals surface area contributed by atoms with Crippen LogP contribution in [0.25, 0.3) is 0 Å². The first-order valence-electron chi connectivity index (χ1n) is 3.73. The van der Waals surface area contributed by atoms with E-state index in [0.29, 0.717) is 6.54 Å². The third-order valence-electron chi connectivity index (χ3n) is 1.44. The molecule has 2 N–H and O–H groups in total. The van der Waals surface area contributed by atoms with Gasteiger partial charge in [0.1, 0.15) is 0 Å². The van der Waals surface area contributed by atoms with Gasteiger partial charge in [-0.1, -0.05) is 0 Å². The molecule has 0 saturated heterocycles. The normalized spacial score (nSPS) is 11.8. The molecular weight excluding hydrogens is 210 g/mol. The van der Waals surface area contributed by atoms with Crippen molar-refractivity contribution in [1.82, 2.24) is 4.72 Å². The molecule has 0 radical (unpaired) electrons. The lowest BCUT2D eigenvalue weighted by Gasteiger charge is -2.02.